The van der Waals surface area contributed by atoms with Gasteiger partial charge in [0.15, 0.2) is 0 Å². The molecule has 0 aliphatic carbocycles. The Kier molecular flexibility index (Phi) is 5.00. The van der Waals surface area contributed by atoms with Crippen LogP contribution in [0.5, 0.6) is 0 Å². The molecule has 0 heterocycles. The Morgan fingerprint density at radius 2 is 2.30 bits per heavy atom. The predicted octanol–water partition coefficient (Wildman–Crippen LogP) is 0.289. The van der Waals surface area contributed by atoms with Crippen molar-refractivity contribution in [2.24, 2.45) is 5.73 Å². The fraction of sp³-hybridized carbons (Fsp3) is 0.750. The van der Waals surface area contributed by atoms with Gasteiger partial charge in [0.1, 0.15) is 0 Å². The second-order valence-corrected chi connectivity index (χ2v) is 2.26. The van der Waals surface area contributed by atoms with E-state index < -0.39 is 0 Å². The van der Waals surface area contributed by atoms with E-state index >= 15 is 0 Å². The van der Waals surface area contributed by atoms with E-state index in [0.717, 1.165) is 13.1 Å². The molecule has 0 saturated carbocycles. The lowest BCUT2D eigenvalue weighted by molar-refractivity contribution is 0.268. The molecule has 0 aromatic rings. The van der Waals surface area contributed by atoms with E-state index in [1.807, 2.05) is 6.92 Å². The molecule has 1 atom stereocenters. The van der Waals surface area contributed by atoms with Gasteiger partial charge in [0.05, 0.1) is 6.04 Å². The predicted molar refractivity (Wildman–Crippen MR) is 44.6 cm³/mol. The van der Waals surface area contributed by atoms with Crippen LogP contribution in [0.2, 0.25) is 0 Å². The van der Waals surface area contributed by atoms with Crippen LogP contribution < -0.4 is 5.73 Å². The molecule has 0 radical (unpaired) electrons. The highest BCUT2D eigenvalue weighted by Crippen LogP contribution is 1.94. The third kappa shape index (κ3) is 2.86. The van der Waals surface area contributed by atoms with Crippen molar-refractivity contribution in [3.63, 3.8) is 0 Å². The van der Waals surface area contributed by atoms with Gasteiger partial charge in [-0.05, 0) is 13.5 Å². The molecule has 0 aromatic carbocycles. The van der Waals surface area contributed by atoms with Gasteiger partial charge in [0, 0.05) is 13.1 Å². The average molecular weight is 140 g/mol. The van der Waals surface area contributed by atoms with Gasteiger partial charge in [-0.25, -0.2) is 0 Å². The molecule has 0 amide bonds. The van der Waals surface area contributed by atoms with Crippen LogP contribution in [0.1, 0.15) is 13.8 Å². The molecular weight excluding hydrogens is 124 g/mol. The van der Waals surface area contributed by atoms with Gasteiger partial charge < -0.3 is 5.73 Å². The average Bonchev–Trinajstić information content (AvgIpc) is 1.99. The Morgan fingerprint density at radius 3 is 2.60 bits per heavy atom. The molecule has 0 aliphatic rings. The van der Waals surface area contributed by atoms with Gasteiger partial charge >= 0.3 is 0 Å². The topological polar surface area (TPSA) is 29.3 Å². The minimum Gasteiger partial charge on any atom is -0.329 e. The first-order chi connectivity index (χ1) is 4.76. The van der Waals surface area contributed by atoms with Gasteiger partial charge in [0.25, 0.3) is 0 Å². The van der Waals surface area contributed by atoms with Crippen molar-refractivity contribution in [1.29, 1.82) is 0 Å². The van der Waals surface area contributed by atoms with Crippen molar-refractivity contribution in [3.8, 4) is 12.3 Å². The van der Waals surface area contributed by atoms with E-state index in [9.17, 15) is 0 Å². The lowest BCUT2D eigenvalue weighted by atomic mass is 10.3. The number of nitrogens with zero attached hydrogens (tertiary/aromatic N) is 1. The molecule has 2 nitrogen and oxygen atoms in total. The van der Waals surface area contributed by atoms with Crippen molar-refractivity contribution in [1.82, 2.24) is 4.90 Å². The molecule has 2 N–H and O–H groups in total. The number of likely N-dealkylation sites (N-methyl/N-ethyl adjacent to an activating group) is 1. The summed E-state index contributed by atoms with van der Waals surface area (Å²) in [5.41, 5.74) is 5.39. The highest BCUT2D eigenvalue weighted by atomic mass is 15.1. The Bertz CT molecular complexity index is 115. The van der Waals surface area contributed by atoms with Gasteiger partial charge in [0.2, 0.25) is 0 Å². The Morgan fingerprint density at radius 1 is 1.70 bits per heavy atom. The maximum Gasteiger partial charge on any atom is 0.0683 e. The Balaban J connectivity index is 3.71. The molecule has 1 unspecified atom stereocenters. The van der Waals surface area contributed by atoms with Crippen LogP contribution in [-0.2, 0) is 0 Å². The molecule has 0 fully saturated rings. The van der Waals surface area contributed by atoms with E-state index in [0.29, 0.717) is 6.54 Å². The normalized spacial score (nSPS) is 13.1. The molecule has 10 heavy (non-hydrogen) atoms. The zero-order valence-corrected chi connectivity index (χ0v) is 6.80. The van der Waals surface area contributed by atoms with Crippen molar-refractivity contribution in [2.45, 2.75) is 19.9 Å². The number of terminal acetylenes is 1. The zero-order chi connectivity index (χ0) is 7.98. The number of hydrogen-bond acceptors (Lipinski definition) is 2. The van der Waals surface area contributed by atoms with Crippen LogP contribution in [0.4, 0.5) is 0 Å². The lowest BCUT2D eigenvalue weighted by Crippen LogP contribution is -2.35. The van der Waals surface area contributed by atoms with Crippen molar-refractivity contribution in [3.05, 3.63) is 0 Å². The van der Waals surface area contributed by atoms with Crippen LogP contribution in [0, 0.1) is 12.3 Å². The summed E-state index contributed by atoms with van der Waals surface area (Å²) >= 11 is 0. The van der Waals surface area contributed by atoms with E-state index in [1.54, 1.807) is 0 Å². The first kappa shape index (κ1) is 9.48. The second kappa shape index (κ2) is 5.28. The van der Waals surface area contributed by atoms with Crippen LogP contribution >= 0.6 is 0 Å². The number of nitrogens with two attached hydrogens (primary N) is 1. The third-order valence-corrected chi connectivity index (χ3v) is 1.61. The largest absolute Gasteiger partial charge is 0.329 e. The molecule has 0 bridgehead atoms. The highest BCUT2D eigenvalue weighted by Gasteiger charge is 2.05. The molecule has 0 saturated heterocycles. The Labute approximate surface area is 63.4 Å². The van der Waals surface area contributed by atoms with Gasteiger partial charge in [-0.2, -0.15) is 0 Å². The van der Waals surface area contributed by atoms with Crippen LogP contribution in [-0.4, -0.2) is 30.6 Å². The smallest absolute Gasteiger partial charge is 0.0683 e. The minimum absolute atomic E-state index is 0.216. The summed E-state index contributed by atoms with van der Waals surface area (Å²) < 4.78 is 0. The summed E-state index contributed by atoms with van der Waals surface area (Å²) in [7, 11) is 0. The van der Waals surface area contributed by atoms with Crippen LogP contribution in [0.25, 0.3) is 0 Å². The molecule has 0 aliphatic heterocycles. The second-order valence-electron chi connectivity index (χ2n) is 2.26. The van der Waals surface area contributed by atoms with E-state index in [-0.39, 0.29) is 6.04 Å². The third-order valence-electron chi connectivity index (χ3n) is 1.61. The first-order valence-corrected chi connectivity index (χ1v) is 3.66. The monoisotopic (exact) mass is 140 g/mol. The summed E-state index contributed by atoms with van der Waals surface area (Å²) in [4.78, 5) is 2.17. The Hall–Kier alpha value is -0.520. The van der Waals surface area contributed by atoms with Gasteiger partial charge in [-0.3, -0.25) is 4.90 Å². The molecule has 58 valence electrons. The fourth-order valence-corrected chi connectivity index (χ4v) is 0.897. The summed E-state index contributed by atoms with van der Waals surface area (Å²) in [5, 5.41) is 0. The standard InChI is InChI=1S/C8H16N2/c1-4-8(3)10(5-2)7-6-9/h1,8H,5-7,9H2,2-3H3. The van der Waals surface area contributed by atoms with E-state index in [2.05, 4.69) is 17.7 Å². The van der Waals surface area contributed by atoms with Gasteiger partial charge in [-0.15, -0.1) is 6.42 Å². The van der Waals surface area contributed by atoms with E-state index in [1.165, 1.54) is 0 Å². The SMILES string of the molecule is C#CC(C)N(CC)CCN. The zero-order valence-electron chi connectivity index (χ0n) is 6.80. The fourth-order valence-electron chi connectivity index (χ4n) is 0.897. The molecule has 0 rings (SSSR count). The molecular formula is C8H16N2. The maximum atomic E-state index is 5.39. The first-order valence-electron chi connectivity index (χ1n) is 3.66. The summed E-state index contributed by atoms with van der Waals surface area (Å²) in [5.74, 6) is 2.67. The minimum atomic E-state index is 0.216. The number of rotatable bonds is 4. The summed E-state index contributed by atoms with van der Waals surface area (Å²) in [6, 6.07) is 0.216. The molecule has 0 aromatic heterocycles. The molecule has 0 spiro atoms. The number of hydrogen-bond donors (Lipinski definition) is 1. The van der Waals surface area contributed by atoms with Gasteiger partial charge in [-0.1, -0.05) is 12.8 Å². The van der Waals surface area contributed by atoms with Crippen molar-refractivity contribution >= 4 is 0 Å². The van der Waals surface area contributed by atoms with Crippen molar-refractivity contribution in [2.75, 3.05) is 19.6 Å². The quantitative estimate of drug-likeness (QED) is 0.569. The summed E-state index contributed by atoms with van der Waals surface area (Å²) in [6.45, 7) is 6.65. The van der Waals surface area contributed by atoms with Crippen LogP contribution in [0.3, 0.4) is 0 Å². The van der Waals surface area contributed by atoms with Crippen LogP contribution in [0.15, 0.2) is 0 Å². The van der Waals surface area contributed by atoms with Crippen molar-refractivity contribution < 1.29 is 0 Å². The summed E-state index contributed by atoms with van der Waals surface area (Å²) in [6.07, 6.45) is 5.25. The highest BCUT2D eigenvalue weighted by molar-refractivity contribution is 4.96. The molecule has 2 heteroatoms. The lowest BCUT2D eigenvalue weighted by Gasteiger charge is -2.22. The maximum absolute atomic E-state index is 5.39. The van der Waals surface area contributed by atoms with E-state index in [4.69, 9.17) is 12.2 Å².